The Kier molecular flexibility index (Phi) is 6.28. The van der Waals surface area contributed by atoms with Gasteiger partial charge >= 0.3 is 0 Å². The summed E-state index contributed by atoms with van der Waals surface area (Å²) in [5.41, 5.74) is 3.60. The average Bonchev–Trinajstić information content (AvgIpc) is 2.81. The zero-order valence-corrected chi connectivity index (χ0v) is 19.0. The van der Waals surface area contributed by atoms with Crippen LogP contribution in [-0.4, -0.2) is 40.4 Å². The third-order valence-corrected chi connectivity index (χ3v) is 6.36. The van der Waals surface area contributed by atoms with E-state index in [1.165, 1.54) is 7.11 Å². The van der Waals surface area contributed by atoms with Crippen molar-refractivity contribution >= 4 is 49.4 Å². The molecule has 0 aliphatic rings. The van der Waals surface area contributed by atoms with Gasteiger partial charge in [0.25, 0.3) is 5.91 Å². The van der Waals surface area contributed by atoms with Gasteiger partial charge in [0.1, 0.15) is 12.3 Å². The van der Waals surface area contributed by atoms with E-state index in [0.29, 0.717) is 5.75 Å². The number of nitrogens with one attached hydrogen (secondary N) is 1. The Bertz CT molecular complexity index is 1410. The number of nitrogens with zero attached hydrogens (tertiary/aromatic N) is 2. The molecule has 0 aliphatic carbocycles. The molecule has 0 saturated carbocycles. The van der Waals surface area contributed by atoms with Crippen molar-refractivity contribution in [3.63, 3.8) is 0 Å². The van der Waals surface area contributed by atoms with Gasteiger partial charge in [-0.05, 0) is 39.7 Å². The summed E-state index contributed by atoms with van der Waals surface area (Å²) in [6, 6.07) is 24.6. The van der Waals surface area contributed by atoms with Gasteiger partial charge in [0.2, 0.25) is 10.0 Å². The van der Waals surface area contributed by atoms with E-state index in [1.54, 1.807) is 30.5 Å². The Labute approximate surface area is 192 Å². The largest absolute Gasteiger partial charge is 0.495 e. The van der Waals surface area contributed by atoms with Gasteiger partial charge in [-0.15, -0.1) is 0 Å². The van der Waals surface area contributed by atoms with Crippen LogP contribution in [0, 0.1) is 0 Å². The number of fused-ring (bicyclic) bond motifs is 2. The van der Waals surface area contributed by atoms with Gasteiger partial charge in [-0.2, -0.15) is 5.10 Å². The maximum absolute atomic E-state index is 12.6. The number of anilines is 1. The summed E-state index contributed by atoms with van der Waals surface area (Å²) in [6.45, 7) is -0.438. The van der Waals surface area contributed by atoms with Gasteiger partial charge in [0.05, 0.1) is 25.3 Å². The molecule has 0 aliphatic heterocycles. The Balaban J connectivity index is 1.61. The van der Waals surface area contributed by atoms with Crippen LogP contribution in [-0.2, 0) is 14.8 Å². The molecule has 0 atom stereocenters. The first kappa shape index (κ1) is 22.3. The maximum atomic E-state index is 12.6. The first-order valence-corrected chi connectivity index (χ1v) is 12.1. The first-order valence-electron chi connectivity index (χ1n) is 10.2. The van der Waals surface area contributed by atoms with E-state index in [2.05, 4.69) is 16.6 Å². The van der Waals surface area contributed by atoms with Crippen molar-refractivity contribution in [2.45, 2.75) is 0 Å². The third kappa shape index (κ3) is 4.80. The molecule has 0 bridgehead atoms. The molecular formula is C25H23N3O4S. The molecule has 7 nitrogen and oxygen atoms in total. The number of hydrogen-bond acceptors (Lipinski definition) is 5. The predicted octanol–water partition coefficient (Wildman–Crippen LogP) is 3.92. The van der Waals surface area contributed by atoms with E-state index < -0.39 is 22.5 Å². The second kappa shape index (κ2) is 9.30. The van der Waals surface area contributed by atoms with Crippen LogP contribution in [0.3, 0.4) is 0 Å². The van der Waals surface area contributed by atoms with Crippen molar-refractivity contribution < 1.29 is 17.9 Å². The fraction of sp³-hybridized carbons (Fsp3) is 0.120. The Morgan fingerprint density at radius 1 is 0.970 bits per heavy atom. The standard InChI is InChI=1S/C25H23N3O4S/c1-32-24-14-8-7-13-23(24)28(33(2,30)31)17-25(29)27-26-16-22-20-11-5-3-9-18(20)15-19-10-4-6-12-21(19)22/h3-16H,17H2,1-2H3,(H,27,29)/b26-16-. The Morgan fingerprint density at radius 2 is 1.55 bits per heavy atom. The molecule has 0 fully saturated rings. The number of benzene rings is 4. The molecule has 4 aromatic rings. The number of sulfonamides is 1. The van der Waals surface area contributed by atoms with Crippen molar-refractivity contribution in [2.75, 3.05) is 24.2 Å². The fourth-order valence-corrected chi connectivity index (χ4v) is 4.60. The number of carbonyl (C=O) groups excluding carboxylic acids is 1. The van der Waals surface area contributed by atoms with Crippen molar-refractivity contribution in [1.82, 2.24) is 5.43 Å². The highest BCUT2D eigenvalue weighted by Crippen LogP contribution is 2.29. The van der Waals surface area contributed by atoms with Crippen LogP contribution in [0.4, 0.5) is 5.69 Å². The van der Waals surface area contributed by atoms with Gasteiger partial charge in [0, 0.05) is 5.56 Å². The summed E-state index contributed by atoms with van der Waals surface area (Å²) in [6.07, 6.45) is 2.63. The number of methoxy groups -OCH3 is 1. The number of ether oxygens (including phenoxy) is 1. The molecule has 0 saturated heterocycles. The number of hydrogen-bond donors (Lipinski definition) is 1. The molecule has 1 amide bonds. The quantitative estimate of drug-likeness (QED) is 0.257. The molecule has 4 rings (SSSR count). The summed E-state index contributed by atoms with van der Waals surface area (Å²) in [5, 5.41) is 8.26. The minimum Gasteiger partial charge on any atom is -0.495 e. The third-order valence-electron chi connectivity index (χ3n) is 5.24. The second-order valence-electron chi connectivity index (χ2n) is 7.47. The predicted molar refractivity (Wildman–Crippen MR) is 132 cm³/mol. The zero-order valence-electron chi connectivity index (χ0n) is 18.2. The summed E-state index contributed by atoms with van der Waals surface area (Å²) in [7, 11) is -2.30. The van der Waals surface area contributed by atoms with Gasteiger partial charge in [-0.3, -0.25) is 9.10 Å². The minimum absolute atomic E-state index is 0.279. The molecule has 0 radical (unpaired) electrons. The van der Waals surface area contributed by atoms with Crippen LogP contribution in [0.2, 0.25) is 0 Å². The lowest BCUT2D eigenvalue weighted by Crippen LogP contribution is -2.39. The normalized spacial score (nSPS) is 11.7. The fourth-order valence-electron chi connectivity index (χ4n) is 3.74. The Morgan fingerprint density at radius 3 is 2.15 bits per heavy atom. The number of hydrazone groups is 1. The number of carbonyl (C=O) groups is 1. The lowest BCUT2D eigenvalue weighted by atomic mass is 9.97. The molecule has 8 heteroatoms. The van der Waals surface area contributed by atoms with Gasteiger partial charge in [-0.25, -0.2) is 13.8 Å². The van der Waals surface area contributed by atoms with E-state index in [1.807, 2.05) is 48.5 Å². The highest BCUT2D eigenvalue weighted by atomic mass is 32.2. The zero-order chi connectivity index (χ0) is 23.4. The summed E-state index contributed by atoms with van der Waals surface area (Å²) in [4.78, 5) is 12.6. The van der Waals surface area contributed by atoms with Crippen molar-refractivity contribution in [2.24, 2.45) is 5.10 Å². The van der Waals surface area contributed by atoms with E-state index in [4.69, 9.17) is 4.74 Å². The van der Waals surface area contributed by atoms with Crippen molar-refractivity contribution in [3.8, 4) is 5.75 Å². The minimum atomic E-state index is -3.74. The molecule has 33 heavy (non-hydrogen) atoms. The van der Waals surface area contributed by atoms with E-state index >= 15 is 0 Å². The van der Waals surface area contributed by atoms with Crippen LogP contribution >= 0.6 is 0 Å². The SMILES string of the molecule is COc1ccccc1N(CC(=O)N/N=C\c1c2ccccc2cc2ccccc12)S(C)(=O)=O. The van der Waals surface area contributed by atoms with Gasteiger partial charge in [0.15, 0.2) is 0 Å². The van der Waals surface area contributed by atoms with Crippen LogP contribution in [0.25, 0.3) is 21.5 Å². The molecular weight excluding hydrogens is 438 g/mol. The second-order valence-corrected chi connectivity index (χ2v) is 9.37. The van der Waals surface area contributed by atoms with E-state index in [0.717, 1.165) is 37.7 Å². The van der Waals surface area contributed by atoms with Gasteiger partial charge < -0.3 is 4.74 Å². The number of para-hydroxylation sites is 2. The first-order chi connectivity index (χ1) is 15.9. The van der Waals surface area contributed by atoms with Crippen molar-refractivity contribution in [1.29, 1.82) is 0 Å². The number of rotatable bonds is 7. The van der Waals surface area contributed by atoms with Crippen molar-refractivity contribution in [3.05, 3.63) is 84.4 Å². The molecule has 4 aromatic carbocycles. The topological polar surface area (TPSA) is 88.1 Å². The highest BCUT2D eigenvalue weighted by Gasteiger charge is 2.23. The molecule has 0 aromatic heterocycles. The van der Waals surface area contributed by atoms with Crippen LogP contribution in [0.15, 0.2) is 84.0 Å². The van der Waals surface area contributed by atoms with Crippen LogP contribution in [0.1, 0.15) is 5.56 Å². The molecule has 0 heterocycles. The lowest BCUT2D eigenvalue weighted by Gasteiger charge is -2.23. The number of amides is 1. The molecule has 0 spiro atoms. The summed E-state index contributed by atoms with van der Waals surface area (Å²) < 4.78 is 31.0. The van der Waals surface area contributed by atoms with E-state index in [-0.39, 0.29) is 5.69 Å². The maximum Gasteiger partial charge on any atom is 0.260 e. The monoisotopic (exact) mass is 461 g/mol. The summed E-state index contributed by atoms with van der Waals surface area (Å²) >= 11 is 0. The Hall–Kier alpha value is -3.91. The lowest BCUT2D eigenvalue weighted by molar-refractivity contribution is -0.119. The average molecular weight is 462 g/mol. The smallest absolute Gasteiger partial charge is 0.260 e. The molecule has 1 N–H and O–H groups in total. The van der Waals surface area contributed by atoms with Crippen LogP contribution in [0.5, 0.6) is 5.75 Å². The molecule has 168 valence electrons. The van der Waals surface area contributed by atoms with Crippen LogP contribution < -0.4 is 14.5 Å². The summed E-state index contributed by atoms with van der Waals surface area (Å²) in [5.74, 6) is -0.228. The van der Waals surface area contributed by atoms with E-state index in [9.17, 15) is 13.2 Å². The highest BCUT2D eigenvalue weighted by molar-refractivity contribution is 7.92. The van der Waals surface area contributed by atoms with Gasteiger partial charge in [-0.1, -0.05) is 60.7 Å². The molecule has 0 unspecified atom stereocenters.